The molecule has 1 aliphatic carbocycles. The summed E-state index contributed by atoms with van der Waals surface area (Å²) in [6.45, 7) is 0.0977. The minimum atomic E-state index is -0.264. The summed E-state index contributed by atoms with van der Waals surface area (Å²) in [5, 5.41) is 22.5. The fourth-order valence-corrected chi connectivity index (χ4v) is 2.55. The van der Waals surface area contributed by atoms with E-state index in [1.807, 2.05) is 0 Å². The van der Waals surface area contributed by atoms with Crippen molar-refractivity contribution in [1.82, 2.24) is 0 Å². The average molecular weight is 251 g/mol. The van der Waals surface area contributed by atoms with Crippen LogP contribution in [0.2, 0.25) is 5.02 Å². The molecule has 0 amide bonds. The van der Waals surface area contributed by atoms with Crippen LogP contribution in [0, 0.1) is 11.3 Å². The molecule has 0 bridgehead atoms. The molecule has 1 aliphatic rings. The van der Waals surface area contributed by atoms with E-state index in [0.29, 0.717) is 10.6 Å². The lowest BCUT2D eigenvalue weighted by Crippen LogP contribution is -2.39. The van der Waals surface area contributed by atoms with E-state index in [1.165, 1.54) is 0 Å². The van der Waals surface area contributed by atoms with Gasteiger partial charge in [0, 0.05) is 5.02 Å². The number of rotatable bonds is 3. The second kappa shape index (κ2) is 4.95. The van der Waals surface area contributed by atoms with E-state index in [-0.39, 0.29) is 12.1 Å². The standard InChI is InChI=1S/C13H15ClN2O/c14-11-3-4-12(10(7-11)8-15)16-13(9-17)5-1-2-6-13/h3-4,7,16-17H,1-2,5-6,9H2. The third-order valence-electron chi connectivity index (χ3n) is 3.37. The second-order valence-corrected chi connectivity index (χ2v) is 5.01. The van der Waals surface area contributed by atoms with E-state index in [4.69, 9.17) is 16.9 Å². The van der Waals surface area contributed by atoms with Crippen molar-refractivity contribution in [2.45, 2.75) is 31.2 Å². The molecule has 0 spiro atoms. The normalized spacial score (nSPS) is 17.7. The fourth-order valence-electron chi connectivity index (χ4n) is 2.38. The third-order valence-corrected chi connectivity index (χ3v) is 3.60. The van der Waals surface area contributed by atoms with Crippen LogP contribution in [0.25, 0.3) is 0 Å². The van der Waals surface area contributed by atoms with Gasteiger partial charge in [-0.3, -0.25) is 0 Å². The van der Waals surface area contributed by atoms with Crippen LogP contribution in [0.1, 0.15) is 31.2 Å². The van der Waals surface area contributed by atoms with E-state index in [1.54, 1.807) is 18.2 Å². The molecule has 0 heterocycles. The summed E-state index contributed by atoms with van der Waals surface area (Å²) in [7, 11) is 0. The molecule has 1 aromatic carbocycles. The van der Waals surface area contributed by atoms with Crippen molar-refractivity contribution >= 4 is 17.3 Å². The Morgan fingerprint density at radius 1 is 1.41 bits per heavy atom. The molecule has 0 atom stereocenters. The average Bonchev–Trinajstić information content (AvgIpc) is 2.81. The van der Waals surface area contributed by atoms with Gasteiger partial charge in [-0.2, -0.15) is 5.26 Å². The van der Waals surface area contributed by atoms with Gasteiger partial charge in [0.05, 0.1) is 23.4 Å². The van der Waals surface area contributed by atoms with Gasteiger partial charge in [-0.1, -0.05) is 24.4 Å². The largest absolute Gasteiger partial charge is 0.394 e. The van der Waals surface area contributed by atoms with Crippen LogP contribution in [-0.4, -0.2) is 17.3 Å². The first-order chi connectivity index (χ1) is 8.19. The first-order valence-corrected chi connectivity index (χ1v) is 6.16. The number of aliphatic hydroxyl groups is 1. The number of benzene rings is 1. The lowest BCUT2D eigenvalue weighted by molar-refractivity contribution is 0.214. The lowest BCUT2D eigenvalue weighted by Gasteiger charge is -2.29. The molecule has 0 aromatic heterocycles. The molecule has 0 saturated heterocycles. The van der Waals surface area contributed by atoms with Gasteiger partial charge in [0.1, 0.15) is 6.07 Å². The van der Waals surface area contributed by atoms with Gasteiger partial charge in [-0.25, -0.2) is 0 Å². The number of nitriles is 1. The molecule has 0 unspecified atom stereocenters. The molecule has 0 aliphatic heterocycles. The second-order valence-electron chi connectivity index (χ2n) is 4.57. The van der Waals surface area contributed by atoms with Gasteiger partial charge in [-0.15, -0.1) is 0 Å². The SMILES string of the molecule is N#Cc1cc(Cl)ccc1NC1(CO)CCCC1. The predicted octanol–water partition coefficient (Wildman–Crippen LogP) is 2.93. The molecule has 2 N–H and O–H groups in total. The van der Waals surface area contributed by atoms with Crippen LogP contribution in [0.5, 0.6) is 0 Å². The number of nitrogens with zero attached hydrogens (tertiary/aromatic N) is 1. The minimum Gasteiger partial charge on any atom is -0.394 e. The van der Waals surface area contributed by atoms with Crippen LogP contribution in [0.3, 0.4) is 0 Å². The van der Waals surface area contributed by atoms with Crippen molar-refractivity contribution in [3.8, 4) is 6.07 Å². The zero-order valence-electron chi connectivity index (χ0n) is 9.54. The summed E-state index contributed by atoms with van der Waals surface area (Å²) >= 11 is 5.85. The Morgan fingerprint density at radius 3 is 2.71 bits per heavy atom. The number of nitrogens with one attached hydrogen (secondary N) is 1. The molecule has 17 heavy (non-hydrogen) atoms. The van der Waals surface area contributed by atoms with Crippen LogP contribution < -0.4 is 5.32 Å². The molecule has 1 aromatic rings. The molecule has 1 fully saturated rings. The highest BCUT2D eigenvalue weighted by molar-refractivity contribution is 6.30. The Labute approximate surface area is 106 Å². The van der Waals surface area contributed by atoms with Crippen molar-refractivity contribution in [3.63, 3.8) is 0 Å². The quantitative estimate of drug-likeness (QED) is 0.867. The van der Waals surface area contributed by atoms with Crippen LogP contribution in [0.15, 0.2) is 18.2 Å². The van der Waals surface area contributed by atoms with Crippen LogP contribution in [-0.2, 0) is 0 Å². The van der Waals surface area contributed by atoms with Gasteiger partial charge < -0.3 is 10.4 Å². The van der Waals surface area contributed by atoms with Gasteiger partial charge in [0.15, 0.2) is 0 Å². The molecule has 3 nitrogen and oxygen atoms in total. The molecule has 0 radical (unpaired) electrons. The van der Waals surface area contributed by atoms with Gasteiger partial charge in [-0.05, 0) is 31.0 Å². The van der Waals surface area contributed by atoms with Crippen molar-refractivity contribution in [3.05, 3.63) is 28.8 Å². The summed E-state index contributed by atoms with van der Waals surface area (Å²) in [6.07, 6.45) is 4.11. The number of aliphatic hydroxyl groups excluding tert-OH is 1. The van der Waals surface area contributed by atoms with Crippen LogP contribution in [0.4, 0.5) is 5.69 Å². The number of halogens is 1. The topological polar surface area (TPSA) is 56.0 Å². The number of hydrogen-bond acceptors (Lipinski definition) is 3. The Balaban J connectivity index is 2.26. The van der Waals surface area contributed by atoms with Gasteiger partial charge in [0.25, 0.3) is 0 Å². The van der Waals surface area contributed by atoms with Crippen LogP contribution >= 0.6 is 11.6 Å². The Morgan fingerprint density at radius 2 is 2.12 bits per heavy atom. The van der Waals surface area contributed by atoms with Crippen molar-refractivity contribution < 1.29 is 5.11 Å². The summed E-state index contributed by atoms with van der Waals surface area (Å²) in [6, 6.07) is 7.32. The maximum absolute atomic E-state index is 9.52. The number of hydrogen-bond donors (Lipinski definition) is 2. The van der Waals surface area contributed by atoms with Crippen molar-refractivity contribution in [1.29, 1.82) is 5.26 Å². The maximum Gasteiger partial charge on any atom is 0.101 e. The fraction of sp³-hybridized carbons (Fsp3) is 0.462. The third kappa shape index (κ3) is 2.54. The highest BCUT2D eigenvalue weighted by atomic mass is 35.5. The maximum atomic E-state index is 9.52. The lowest BCUT2D eigenvalue weighted by atomic mass is 9.97. The van der Waals surface area contributed by atoms with Gasteiger partial charge in [0.2, 0.25) is 0 Å². The minimum absolute atomic E-state index is 0.0977. The molecule has 90 valence electrons. The summed E-state index contributed by atoms with van der Waals surface area (Å²) < 4.78 is 0. The van der Waals surface area contributed by atoms with E-state index in [9.17, 15) is 5.11 Å². The van der Waals surface area contributed by atoms with E-state index in [2.05, 4.69) is 11.4 Å². The monoisotopic (exact) mass is 250 g/mol. The van der Waals surface area contributed by atoms with Crippen molar-refractivity contribution in [2.75, 3.05) is 11.9 Å². The smallest absolute Gasteiger partial charge is 0.101 e. The molecule has 2 rings (SSSR count). The molecular weight excluding hydrogens is 236 g/mol. The van der Waals surface area contributed by atoms with Crippen molar-refractivity contribution in [2.24, 2.45) is 0 Å². The zero-order valence-corrected chi connectivity index (χ0v) is 10.3. The highest BCUT2D eigenvalue weighted by Gasteiger charge is 2.33. The predicted molar refractivity (Wildman–Crippen MR) is 68.1 cm³/mol. The van der Waals surface area contributed by atoms with Gasteiger partial charge >= 0.3 is 0 Å². The Kier molecular flexibility index (Phi) is 3.56. The number of anilines is 1. The zero-order chi connectivity index (χ0) is 12.3. The summed E-state index contributed by atoms with van der Waals surface area (Å²) in [5.41, 5.74) is 1.02. The first kappa shape index (κ1) is 12.2. The molecule has 1 saturated carbocycles. The summed E-state index contributed by atoms with van der Waals surface area (Å²) in [5.74, 6) is 0. The Hall–Kier alpha value is -1.24. The van der Waals surface area contributed by atoms with E-state index < -0.39 is 0 Å². The van der Waals surface area contributed by atoms with E-state index >= 15 is 0 Å². The summed E-state index contributed by atoms with van der Waals surface area (Å²) in [4.78, 5) is 0. The molecular formula is C13H15ClN2O. The van der Waals surface area contributed by atoms with E-state index in [0.717, 1.165) is 31.4 Å². The highest BCUT2D eigenvalue weighted by Crippen LogP contribution is 2.34. The molecule has 4 heteroatoms. The first-order valence-electron chi connectivity index (χ1n) is 5.78. The Bertz CT molecular complexity index is 447.